The van der Waals surface area contributed by atoms with Gasteiger partial charge >= 0.3 is 5.63 Å². The number of carbonyl (C=O) groups excluding carboxylic acids is 1. The maximum Gasteiger partial charge on any atom is 0.360 e. The largest absolute Gasteiger partial charge is 0.497 e. The van der Waals surface area contributed by atoms with Crippen molar-refractivity contribution in [3.8, 4) is 34.1 Å². The summed E-state index contributed by atoms with van der Waals surface area (Å²) in [5, 5.41) is 32.9. The molecule has 2 heterocycles. The number of aliphatic hydroxyl groups is 3. The Balaban J connectivity index is 1.42. The first-order valence-electron chi connectivity index (χ1n) is 13.3. The van der Waals surface area contributed by atoms with E-state index in [4.69, 9.17) is 28.1 Å². The maximum absolute atomic E-state index is 13.2. The molecule has 0 bridgehead atoms. The zero-order valence-corrected chi connectivity index (χ0v) is 23.6. The number of ether oxygens (including phenoxy) is 5. The van der Waals surface area contributed by atoms with Crippen molar-refractivity contribution in [1.82, 2.24) is 0 Å². The Labute approximate surface area is 245 Å². The van der Waals surface area contributed by atoms with Gasteiger partial charge in [-0.1, -0.05) is 12.1 Å². The molecule has 1 fully saturated rings. The highest BCUT2D eigenvalue weighted by atomic mass is 16.7. The fourth-order valence-corrected chi connectivity index (χ4v) is 4.83. The number of anilines is 1. The van der Waals surface area contributed by atoms with Crippen molar-refractivity contribution in [2.75, 3.05) is 33.3 Å². The minimum atomic E-state index is -1.39. The van der Waals surface area contributed by atoms with E-state index >= 15 is 0 Å². The third kappa shape index (κ3) is 6.13. The molecule has 1 saturated heterocycles. The second-order valence-corrected chi connectivity index (χ2v) is 9.78. The minimum Gasteiger partial charge on any atom is -0.497 e. The van der Waals surface area contributed by atoms with E-state index in [9.17, 15) is 24.9 Å². The fourth-order valence-electron chi connectivity index (χ4n) is 4.83. The quantitative estimate of drug-likeness (QED) is 0.211. The zero-order chi connectivity index (χ0) is 30.7. The summed E-state index contributed by atoms with van der Waals surface area (Å²) in [6.07, 6.45) is -4.59. The third-order valence-corrected chi connectivity index (χ3v) is 7.07. The van der Waals surface area contributed by atoms with E-state index in [2.05, 4.69) is 5.32 Å². The first-order valence-corrected chi connectivity index (χ1v) is 13.3. The summed E-state index contributed by atoms with van der Waals surface area (Å²) >= 11 is 0. The van der Waals surface area contributed by atoms with Crippen LogP contribution < -0.4 is 29.9 Å². The summed E-state index contributed by atoms with van der Waals surface area (Å²) in [6.45, 7) is -0.374. The van der Waals surface area contributed by atoms with Gasteiger partial charge in [-0.3, -0.25) is 4.79 Å². The summed E-state index contributed by atoms with van der Waals surface area (Å²) in [7, 11) is 4.43. The molecule has 12 heteroatoms. The van der Waals surface area contributed by atoms with Crippen LogP contribution in [0.25, 0.3) is 22.1 Å². The van der Waals surface area contributed by atoms with Crippen molar-refractivity contribution < 1.29 is 48.2 Å². The summed E-state index contributed by atoms with van der Waals surface area (Å²) < 4.78 is 33.1. The monoisotopic (exact) mass is 593 g/mol. The van der Waals surface area contributed by atoms with Crippen molar-refractivity contribution in [3.63, 3.8) is 0 Å². The molecule has 0 spiro atoms. The van der Waals surface area contributed by atoms with E-state index in [1.54, 1.807) is 37.4 Å². The Morgan fingerprint density at radius 1 is 0.977 bits per heavy atom. The molecular formula is C31H31NO11. The van der Waals surface area contributed by atoms with E-state index in [-0.39, 0.29) is 41.4 Å². The van der Waals surface area contributed by atoms with Gasteiger partial charge in [0.05, 0.1) is 40.1 Å². The van der Waals surface area contributed by atoms with Gasteiger partial charge < -0.3 is 48.7 Å². The average Bonchev–Trinajstić information content (AvgIpc) is 3.03. The highest BCUT2D eigenvalue weighted by Gasteiger charge is 2.38. The van der Waals surface area contributed by atoms with E-state index in [1.807, 2.05) is 18.2 Å². The molecule has 4 N–H and O–H groups in total. The van der Waals surface area contributed by atoms with Crippen molar-refractivity contribution in [2.45, 2.75) is 31.0 Å². The number of rotatable bonds is 9. The molecule has 1 aliphatic rings. The number of hydrogen-bond acceptors (Lipinski definition) is 11. The van der Waals surface area contributed by atoms with Gasteiger partial charge in [0.25, 0.3) is 5.91 Å². The van der Waals surface area contributed by atoms with Crippen molar-refractivity contribution in [3.05, 3.63) is 76.6 Å². The molecule has 12 nitrogen and oxygen atoms in total. The average molecular weight is 594 g/mol. The van der Waals surface area contributed by atoms with Crippen LogP contribution >= 0.6 is 0 Å². The number of hydrogen-bond donors (Lipinski definition) is 4. The van der Waals surface area contributed by atoms with Gasteiger partial charge in [0, 0.05) is 22.9 Å². The van der Waals surface area contributed by atoms with Gasteiger partial charge in [-0.25, -0.2) is 4.79 Å². The van der Waals surface area contributed by atoms with Crippen molar-refractivity contribution >= 4 is 22.6 Å². The zero-order valence-electron chi connectivity index (χ0n) is 23.6. The molecule has 0 saturated carbocycles. The van der Waals surface area contributed by atoms with Crippen LogP contribution in [0.5, 0.6) is 23.0 Å². The molecule has 226 valence electrons. The molecule has 0 unspecified atom stereocenters. The Kier molecular flexibility index (Phi) is 8.83. The van der Waals surface area contributed by atoms with Crippen molar-refractivity contribution in [2.24, 2.45) is 0 Å². The summed E-state index contributed by atoms with van der Waals surface area (Å²) in [5.41, 5.74) is 0.774. The number of amides is 1. The molecular weight excluding hydrogens is 562 g/mol. The molecule has 0 aliphatic carbocycles. The predicted molar refractivity (Wildman–Crippen MR) is 155 cm³/mol. The van der Waals surface area contributed by atoms with Crippen LogP contribution in [-0.2, 0) is 4.74 Å². The number of methoxy groups -OCH3 is 3. The van der Waals surface area contributed by atoms with Gasteiger partial charge in [0.2, 0.25) is 12.0 Å². The van der Waals surface area contributed by atoms with Gasteiger partial charge in [-0.2, -0.15) is 0 Å². The van der Waals surface area contributed by atoms with Gasteiger partial charge in [0.15, 0.2) is 11.3 Å². The lowest BCUT2D eigenvalue weighted by molar-refractivity contribution is -0.240. The van der Waals surface area contributed by atoms with Gasteiger partial charge in [-0.15, -0.1) is 0 Å². The molecule has 1 aromatic heterocycles. The van der Waals surface area contributed by atoms with Gasteiger partial charge in [-0.05, 0) is 54.1 Å². The number of carbonyl (C=O) groups is 1. The lowest BCUT2D eigenvalue weighted by Crippen LogP contribution is -2.51. The highest BCUT2D eigenvalue weighted by molar-refractivity contribution is 6.06. The Hall–Kier alpha value is -4.62. The Morgan fingerprint density at radius 2 is 1.77 bits per heavy atom. The van der Waals surface area contributed by atoms with Gasteiger partial charge in [0.1, 0.15) is 23.3 Å². The topological polar surface area (TPSA) is 166 Å². The minimum absolute atomic E-state index is 0.0253. The van der Waals surface area contributed by atoms with E-state index in [1.165, 1.54) is 26.4 Å². The molecule has 1 aliphatic heterocycles. The van der Waals surface area contributed by atoms with Crippen LogP contribution in [-0.4, -0.2) is 73.8 Å². The Bertz CT molecular complexity index is 1680. The first-order chi connectivity index (χ1) is 20.8. The highest BCUT2D eigenvalue weighted by Crippen LogP contribution is 2.38. The number of nitrogens with one attached hydrogen (secondary N) is 1. The van der Waals surface area contributed by atoms with Crippen LogP contribution in [0.15, 0.2) is 69.9 Å². The van der Waals surface area contributed by atoms with Crippen LogP contribution in [0.3, 0.4) is 0 Å². The predicted octanol–water partition coefficient (Wildman–Crippen LogP) is 2.95. The first kappa shape index (κ1) is 29.9. The molecule has 4 atom stereocenters. The van der Waals surface area contributed by atoms with E-state index in [0.29, 0.717) is 22.4 Å². The summed E-state index contributed by atoms with van der Waals surface area (Å²) in [6, 6.07) is 16.7. The molecule has 3 aromatic carbocycles. The number of benzene rings is 3. The molecule has 43 heavy (non-hydrogen) atoms. The molecule has 4 aromatic rings. The van der Waals surface area contributed by atoms with E-state index < -0.39 is 36.1 Å². The molecule has 5 rings (SSSR count). The van der Waals surface area contributed by atoms with Crippen LogP contribution in [0.4, 0.5) is 5.69 Å². The Morgan fingerprint density at radius 3 is 2.49 bits per heavy atom. The number of aliphatic hydroxyl groups excluding tert-OH is 3. The smallest absolute Gasteiger partial charge is 0.360 e. The van der Waals surface area contributed by atoms with Crippen LogP contribution in [0.1, 0.15) is 16.8 Å². The summed E-state index contributed by atoms with van der Waals surface area (Å²) in [4.78, 5) is 26.2. The maximum atomic E-state index is 13.2. The summed E-state index contributed by atoms with van der Waals surface area (Å²) in [5.74, 6) is 0.732. The van der Waals surface area contributed by atoms with Crippen molar-refractivity contribution in [1.29, 1.82) is 0 Å². The molecule has 1 amide bonds. The second kappa shape index (κ2) is 12.7. The SMILES string of the molecule is COc1cccc(-c2cc(C(=O)Nc3cc4ccc(O[C@@H]5O[C@H](CO)C[C@@H](O)[C@H]5O)c(OC)c4oc3=O)ccc2OC)c1. The fraction of sp³-hybridized carbons (Fsp3) is 0.290. The van der Waals surface area contributed by atoms with E-state index in [0.717, 1.165) is 5.56 Å². The lowest BCUT2D eigenvalue weighted by Gasteiger charge is -2.36. The standard InChI is InChI=1S/C31H31NO11/c1-38-19-6-4-5-16(11-19)21-12-18(8-9-24(21)39-2)29(36)32-22-13-17-7-10-25(28(40-3)27(17)43-30(22)37)42-31-26(35)23(34)14-20(15-33)41-31/h4-13,20,23,26,31,33-35H,14-15H2,1-3H3,(H,32,36)/t20-,23+,26+,31-/m0/s1. The van der Waals surface area contributed by atoms with Crippen LogP contribution in [0.2, 0.25) is 0 Å². The van der Waals surface area contributed by atoms with Crippen LogP contribution in [0, 0.1) is 0 Å². The lowest BCUT2D eigenvalue weighted by atomic mass is 10.0. The second-order valence-electron chi connectivity index (χ2n) is 9.78. The normalized spacial score (nSPS) is 20.0. The molecule has 0 radical (unpaired) electrons. The number of fused-ring (bicyclic) bond motifs is 1. The third-order valence-electron chi connectivity index (χ3n) is 7.07.